The van der Waals surface area contributed by atoms with E-state index in [1.807, 2.05) is 54.6 Å². The van der Waals surface area contributed by atoms with Crippen LogP contribution < -0.4 is 40.2 Å². The van der Waals surface area contributed by atoms with E-state index in [0.717, 1.165) is 62.9 Å². The number of benzene rings is 8. The smallest absolute Gasteiger partial charge is 0.216 e. The normalized spacial score (nSPS) is 15.1. The molecule has 4 amide bonds. The quantitative estimate of drug-likeness (QED) is 0.0747. The largest absolute Gasteiger partial charge is 0.497 e. The van der Waals surface area contributed by atoms with Crippen molar-refractivity contribution in [2.45, 2.75) is 53.3 Å². The van der Waals surface area contributed by atoms with Crippen LogP contribution in [0.25, 0.3) is 43.1 Å². The number of carbonyl (C=O) groups is 4. The van der Waals surface area contributed by atoms with E-state index in [-0.39, 0.29) is 57.0 Å². The van der Waals surface area contributed by atoms with Crippen molar-refractivity contribution in [2.75, 3.05) is 54.4 Å². The van der Waals surface area contributed by atoms with Crippen LogP contribution in [0.5, 0.6) is 23.0 Å². The number of hydrogen-bond acceptors (Lipinski definition) is 8. The molecule has 0 bridgehead atoms. The fourth-order valence-electron chi connectivity index (χ4n) is 7.17. The average molecular weight is 991 g/mol. The van der Waals surface area contributed by atoms with Gasteiger partial charge in [0.1, 0.15) is 23.0 Å². The van der Waals surface area contributed by atoms with Crippen molar-refractivity contribution in [1.82, 2.24) is 21.2 Å². The molecule has 8 aromatic carbocycles. The maximum Gasteiger partial charge on any atom is 0.216 e. The third kappa shape index (κ3) is 17.1. The molecule has 0 heterocycles. The highest BCUT2D eigenvalue weighted by Gasteiger charge is 2.07. The molecule has 0 fully saturated rings. The van der Waals surface area contributed by atoms with Gasteiger partial charge in [0.05, 0.1) is 36.5 Å². The fourth-order valence-corrected chi connectivity index (χ4v) is 7.17. The summed E-state index contributed by atoms with van der Waals surface area (Å²) in [5.74, 6) is -0.818. The van der Waals surface area contributed by atoms with Crippen LogP contribution in [0.15, 0.2) is 146 Å². The standard InChI is InChI=1S/4C15H17NO2/c4*1-11(17)16-9-8-13-5-3-4-12-6-7-14(18-2)10-15(12)13/h4*3-7,10H,8-9H2,1-2H3,(H,16,17)/i2D3,8D2,9D2;8D2,9D2;2D3;/hD4. The monoisotopic (exact) mass is 991 g/mol. The molecular formula is C60H68N4O8. The Balaban J connectivity index is 0.000000219. The molecule has 0 aliphatic heterocycles. The van der Waals surface area contributed by atoms with Crippen LogP contribution >= 0.6 is 0 Å². The van der Waals surface area contributed by atoms with Crippen LogP contribution in [-0.2, 0) is 44.8 Å². The van der Waals surface area contributed by atoms with Gasteiger partial charge in [-0.05, 0) is 139 Å². The Bertz CT molecular complexity index is 3850. The van der Waals surface area contributed by atoms with Crippen LogP contribution in [0.2, 0.25) is 5.65 Å². The number of fused-ring (bicyclic) bond motifs is 4. The molecule has 0 aliphatic carbocycles. The second-order valence-corrected chi connectivity index (χ2v) is 15.6. The Kier molecular flexibility index (Phi) is 13.6. The van der Waals surface area contributed by atoms with Crippen LogP contribution in [0, 0.1) is 0 Å². The van der Waals surface area contributed by atoms with Gasteiger partial charge in [0, 0.05) is 64.7 Å². The Labute approximate surface area is 448 Å². The number of methoxy groups -OCH3 is 4. The minimum atomic E-state index is -2.96. The van der Waals surface area contributed by atoms with Gasteiger partial charge >= 0.3 is 0 Å². The van der Waals surface area contributed by atoms with E-state index < -0.39 is 51.6 Å². The van der Waals surface area contributed by atoms with Gasteiger partial charge in [-0.3, -0.25) is 19.2 Å². The van der Waals surface area contributed by atoms with Crippen LogP contribution in [0.4, 0.5) is 0 Å². The van der Waals surface area contributed by atoms with Crippen molar-refractivity contribution < 1.29 is 63.0 Å². The van der Waals surface area contributed by atoms with Gasteiger partial charge in [0.2, 0.25) is 23.6 Å². The lowest BCUT2D eigenvalue weighted by Crippen LogP contribution is -2.22. The number of hydrogen-bond donors (Lipinski definition) is 4. The highest BCUT2D eigenvalue weighted by Crippen LogP contribution is 2.28. The van der Waals surface area contributed by atoms with E-state index in [1.165, 1.54) is 57.4 Å². The first-order valence-electron chi connectivity index (χ1n) is 31.3. The number of carbonyl (C=O) groups excluding carboxylic acids is 4. The van der Waals surface area contributed by atoms with Gasteiger partial charge in [-0.15, -0.1) is 0 Å². The molecular weight excluding hydrogens is 905 g/mol. The van der Waals surface area contributed by atoms with Crippen molar-refractivity contribution in [1.29, 1.82) is 0 Å². The minimum Gasteiger partial charge on any atom is -0.497 e. The van der Waals surface area contributed by atoms with Gasteiger partial charge in [0.25, 0.3) is 0 Å². The highest BCUT2D eigenvalue weighted by atomic mass is 16.5. The first-order valence-corrected chi connectivity index (χ1v) is 22.5. The third-order valence-corrected chi connectivity index (χ3v) is 10.5. The molecule has 376 valence electrons. The lowest BCUT2D eigenvalue weighted by molar-refractivity contribution is -0.119. The number of amides is 4. The summed E-state index contributed by atoms with van der Waals surface area (Å²) < 4.78 is 158. The van der Waals surface area contributed by atoms with Gasteiger partial charge in [-0.2, -0.15) is 0 Å². The number of nitrogens with one attached hydrogen (secondary N) is 4. The van der Waals surface area contributed by atoms with E-state index in [2.05, 4.69) is 0 Å². The summed E-state index contributed by atoms with van der Waals surface area (Å²) in [7, 11) is -2.05. The third-order valence-electron chi connectivity index (χ3n) is 10.5. The van der Waals surface area contributed by atoms with Gasteiger partial charge in [-0.25, -0.2) is 0 Å². The van der Waals surface area contributed by atoms with Crippen molar-refractivity contribution in [3.05, 3.63) is 168 Å². The first kappa shape index (κ1) is 34.2. The van der Waals surface area contributed by atoms with E-state index >= 15 is 0 Å². The second kappa shape index (κ2) is 28.5. The molecule has 8 aromatic rings. The molecule has 4 N–H and O–H groups in total. The van der Waals surface area contributed by atoms with Crippen LogP contribution in [0.3, 0.4) is 0 Å². The second-order valence-electron chi connectivity index (χ2n) is 15.6. The minimum absolute atomic E-state index is 0.0318. The summed E-state index contributed by atoms with van der Waals surface area (Å²) in [6.45, 7) is -0.397. The van der Waals surface area contributed by atoms with Crippen molar-refractivity contribution in [3.63, 3.8) is 0 Å². The van der Waals surface area contributed by atoms with Gasteiger partial charge < -0.3 is 40.2 Å². The Morgan fingerprint density at radius 2 is 0.708 bits per heavy atom. The molecule has 0 atom stereocenters. The zero-order valence-corrected chi connectivity index (χ0v) is 40.7. The molecule has 0 aromatic heterocycles. The molecule has 0 radical (unpaired) electrons. The fraction of sp³-hybridized carbons (Fsp3) is 0.267. The molecule has 72 heavy (non-hydrogen) atoms. The highest BCUT2D eigenvalue weighted by molar-refractivity contribution is 5.90. The predicted molar refractivity (Wildman–Crippen MR) is 292 cm³/mol. The summed E-state index contributed by atoms with van der Waals surface area (Å²) in [6.07, 6.45) is -4.17. The Hall–Kier alpha value is -8.12. The SMILES string of the molecule is [2H]N(C(C)=O)C([2H])([2H])C([2H])([2H])c1cccc2ccc(OC([2H])([2H])[2H])cc12.[2H]N(C(C)=O)C([2H])([2H])C([2H])([2H])c1cccc2ccc(OC)cc12.[2H]N(CCc1cccc2ccc(OC([2H])([2H])[2H])cc12)C(C)=O.[2H]N(CCc1cccc2ccc(OC)cc12)C(C)=O. The van der Waals surface area contributed by atoms with Gasteiger partial charge in [0.15, 0.2) is 5.65 Å². The lowest BCUT2D eigenvalue weighted by atomic mass is 10.0. The summed E-state index contributed by atoms with van der Waals surface area (Å²) in [5, 5.41) is 7.87. The van der Waals surface area contributed by atoms with E-state index in [1.54, 1.807) is 61.7 Å². The first-order chi connectivity index (χ1) is 41.8. The van der Waals surface area contributed by atoms with E-state index in [9.17, 15) is 19.2 Å². The zero-order valence-electron chi connectivity index (χ0n) is 58.7. The van der Waals surface area contributed by atoms with Crippen molar-refractivity contribution >= 4 is 66.7 Å². The van der Waals surface area contributed by atoms with Crippen LogP contribution in [0.1, 0.15) is 69.1 Å². The lowest BCUT2D eigenvalue weighted by Gasteiger charge is -2.08. The number of rotatable bonds is 16. The molecule has 12 nitrogen and oxygen atoms in total. The molecule has 12 heteroatoms. The molecule has 0 saturated heterocycles. The van der Waals surface area contributed by atoms with Crippen molar-refractivity contribution in [2.24, 2.45) is 0 Å². The molecule has 0 aliphatic rings. The summed E-state index contributed by atoms with van der Waals surface area (Å²) in [4.78, 5) is 44.9. The number of aryl methyl sites for hydroxylation is 2. The van der Waals surface area contributed by atoms with E-state index in [4.69, 9.17) is 43.8 Å². The molecule has 0 saturated carbocycles. The topological polar surface area (TPSA) is 153 Å². The predicted octanol–water partition coefficient (Wildman–Crippen LogP) is 10.1. The maximum atomic E-state index is 11.4. The molecule has 0 unspecified atom stereocenters. The zero-order chi connectivity index (χ0) is 67.5. The summed E-state index contributed by atoms with van der Waals surface area (Å²) in [6, 6.07) is 41.4. The summed E-state index contributed by atoms with van der Waals surface area (Å²) >= 11 is 0. The van der Waals surface area contributed by atoms with Crippen molar-refractivity contribution in [3.8, 4) is 23.0 Å². The van der Waals surface area contributed by atoms with E-state index in [0.29, 0.717) is 41.3 Å². The number of ether oxygens (including phenoxy) is 4. The van der Waals surface area contributed by atoms with Gasteiger partial charge in [-0.1, -0.05) is 97.1 Å². The molecule has 0 spiro atoms. The Morgan fingerprint density at radius 1 is 0.417 bits per heavy atom. The average Bonchev–Trinajstić information content (AvgIpc) is 0.779. The summed E-state index contributed by atoms with van der Waals surface area (Å²) in [5.41, 5.74) is 1.98. The Morgan fingerprint density at radius 3 is 1.00 bits per heavy atom. The van der Waals surface area contributed by atoms with Crippen LogP contribution in [-0.4, -0.2) is 78.0 Å². The maximum absolute atomic E-state index is 11.4. The molecule has 8 rings (SSSR count).